The molecule has 0 spiro atoms. The van der Waals surface area contributed by atoms with Gasteiger partial charge < -0.3 is 5.32 Å². The van der Waals surface area contributed by atoms with Gasteiger partial charge in [0.2, 0.25) is 15.9 Å². The third-order valence-electron chi connectivity index (χ3n) is 8.65. The molecular formula is C25H36N2O3S. The highest BCUT2D eigenvalue weighted by Gasteiger charge is 2.53. The van der Waals surface area contributed by atoms with Crippen LogP contribution >= 0.6 is 0 Å². The highest BCUT2D eigenvalue weighted by molar-refractivity contribution is 7.89. The second-order valence-electron chi connectivity index (χ2n) is 10.8. The van der Waals surface area contributed by atoms with Crippen LogP contribution in [0.15, 0.2) is 29.2 Å². The maximum Gasteiger partial charge on any atom is 0.243 e. The highest BCUT2D eigenvalue weighted by Crippen LogP contribution is 2.61. The summed E-state index contributed by atoms with van der Waals surface area (Å²) < 4.78 is 26.9. The highest BCUT2D eigenvalue weighted by atomic mass is 32.2. The Morgan fingerprint density at radius 1 is 1.03 bits per heavy atom. The SMILES string of the molecule is C[C@@H](NC(=O)CCc1ccc(S(=O)(=O)N2CCCC2)cc1)C12CC3CC(CC(C3)C1)C2. The van der Waals surface area contributed by atoms with Crippen molar-refractivity contribution in [3.8, 4) is 0 Å². The van der Waals surface area contributed by atoms with Gasteiger partial charge in [0.15, 0.2) is 0 Å². The van der Waals surface area contributed by atoms with Gasteiger partial charge in [0, 0.05) is 25.6 Å². The number of nitrogens with one attached hydrogen (secondary N) is 1. The first kappa shape index (κ1) is 21.4. The van der Waals surface area contributed by atoms with Gasteiger partial charge in [-0.15, -0.1) is 0 Å². The zero-order valence-corrected chi connectivity index (χ0v) is 19.5. The third kappa shape index (κ3) is 4.18. The van der Waals surface area contributed by atoms with Gasteiger partial charge in [-0.05, 0) is 106 Å². The number of benzene rings is 1. The minimum absolute atomic E-state index is 0.122. The fourth-order valence-corrected chi connectivity index (χ4v) is 8.86. The van der Waals surface area contributed by atoms with Crippen molar-refractivity contribution in [3.63, 3.8) is 0 Å². The molecule has 1 N–H and O–H groups in total. The van der Waals surface area contributed by atoms with Crippen molar-refractivity contribution in [2.45, 2.75) is 82.1 Å². The predicted octanol–water partition coefficient (Wildman–Crippen LogP) is 4.12. The Labute approximate surface area is 187 Å². The summed E-state index contributed by atoms with van der Waals surface area (Å²) in [4.78, 5) is 13.1. The van der Waals surface area contributed by atoms with Gasteiger partial charge in [-0.2, -0.15) is 4.31 Å². The Morgan fingerprint density at radius 2 is 1.58 bits per heavy atom. The predicted molar refractivity (Wildman–Crippen MR) is 121 cm³/mol. The molecule has 1 heterocycles. The summed E-state index contributed by atoms with van der Waals surface area (Å²) in [5, 5.41) is 3.34. The number of hydrogen-bond acceptors (Lipinski definition) is 3. The maximum absolute atomic E-state index is 12.7. The third-order valence-corrected chi connectivity index (χ3v) is 10.6. The number of amides is 1. The molecular weight excluding hydrogens is 408 g/mol. The van der Waals surface area contributed by atoms with Crippen LogP contribution < -0.4 is 5.32 Å². The average molecular weight is 445 g/mol. The number of hydrogen-bond donors (Lipinski definition) is 1. The second kappa shape index (κ2) is 8.18. The van der Waals surface area contributed by atoms with Gasteiger partial charge in [-0.25, -0.2) is 8.42 Å². The number of sulfonamides is 1. The second-order valence-corrected chi connectivity index (χ2v) is 12.8. The average Bonchev–Trinajstić information content (AvgIpc) is 3.27. The Hall–Kier alpha value is -1.40. The smallest absolute Gasteiger partial charge is 0.243 e. The van der Waals surface area contributed by atoms with Gasteiger partial charge in [0.25, 0.3) is 0 Å². The van der Waals surface area contributed by atoms with E-state index in [4.69, 9.17) is 0 Å². The summed E-state index contributed by atoms with van der Waals surface area (Å²) in [6.07, 6.45) is 11.1. The van der Waals surface area contributed by atoms with Crippen molar-refractivity contribution in [1.29, 1.82) is 0 Å². The maximum atomic E-state index is 12.7. The first-order valence-electron chi connectivity index (χ1n) is 12.2. The van der Waals surface area contributed by atoms with Gasteiger partial charge in [-0.1, -0.05) is 12.1 Å². The molecule has 4 aliphatic carbocycles. The van der Waals surface area contributed by atoms with Crippen molar-refractivity contribution < 1.29 is 13.2 Å². The van der Waals surface area contributed by atoms with E-state index in [1.54, 1.807) is 16.4 Å². The molecule has 1 aromatic carbocycles. The quantitative estimate of drug-likeness (QED) is 0.688. The van der Waals surface area contributed by atoms with Crippen LogP contribution in [0, 0.1) is 23.2 Å². The number of nitrogens with zero attached hydrogens (tertiary/aromatic N) is 1. The minimum Gasteiger partial charge on any atom is -0.353 e. The molecule has 1 atom stereocenters. The van der Waals surface area contributed by atoms with Crippen LogP contribution in [-0.2, 0) is 21.2 Å². The molecule has 5 aliphatic rings. The molecule has 4 saturated carbocycles. The van der Waals surface area contributed by atoms with Crippen LogP contribution in [0.3, 0.4) is 0 Å². The van der Waals surface area contributed by atoms with Gasteiger partial charge in [0.05, 0.1) is 4.90 Å². The summed E-state index contributed by atoms with van der Waals surface area (Å²) >= 11 is 0. The molecule has 1 aromatic rings. The fourth-order valence-electron chi connectivity index (χ4n) is 7.34. The summed E-state index contributed by atoms with van der Waals surface area (Å²) in [5.41, 5.74) is 1.34. The van der Waals surface area contributed by atoms with Crippen LogP contribution in [-0.4, -0.2) is 37.8 Å². The molecule has 0 unspecified atom stereocenters. The van der Waals surface area contributed by atoms with Crippen LogP contribution in [0.2, 0.25) is 0 Å². The summed E-state index contributed by atoms with van der Waals surface area (Å²) in [6.45, 7) is 3.46. The first-order chi connectivity index (χ1) is 14.8. The van der Waals surface area contributed by atoms with Gasteiger partial charge in [0.1, 0.15) is 0 Å². The van der Waals surface area contributed by atoms with Crippen LogP contribution in [0.4, 0.5) is 0 Å². The Balaban J connectivity index is 1.15. The topological polar surface area (TPSA) is 66.5 Å². The molecule has 0 radical (unpaired) electrons. The van der Waals surface area contributed by atoms with Crippen molar-refractivity contribution in [2.75, 3.05) is 13.1 Å². The standard InChI is InChI=1S/C25H36N2O3S/c1-18(25-15-20-12-21(16-25)14-22(13-20)17-25)26-24(28)9-6-19-4-7-23(8-5-19)31(29,30)27-10-2-3-11-27/h4-5,7-8,18,20-22H,2-3,6,9-17H2,1H3,(H,26,28)/t18-,20?,21?,22?,25?/m1/s1. The molecule has 31 heavy (non-hydrogen) atoms. The van der Waals surface area contributed by atoms with Gasteiger partial charge in [-0.3, -0.25) is 4.79 Å². The van der Waals surface area contributed by atoms with Crippen LogP contribution in [0.1, 0.15) is 70.3 Å². The lowest BCUT2D eigenvalue weighted by Crippen LogP contribution is -2.55. The van der Waals surface area contributed by atoms with Crippen molar-refractivity contribution in [2.24, 2.45) is 23.2 Å². The minimum atomic E-state index is -3.37. The molecule has 5 fully saturated rings. The lowest BCUT2D eigenvalue weighted by atomic mass is 9.48. The zero-order chi connectivity index (χ0) is 21.6. The fraction of sp³-hybridized carbons (Fsp3) is 0.720. The Bertz CT molecular complexity index is 883. The lowest BCUT2D eigenvalue weighted by molar-refractivity contribution is -0.125. The summed E-state index contributed by atoms with van der Waals surface area (Å²) in [7, 11) is -3.37. The van der Waals surface area contributed by atoms with E-state index in [-0.39, 0.29) is 11.9 Å². The molecule has 0 aromatic heterocycles. The van der Waals surface area contributed by atoms with E-state index in [2.05, 4.69) is 12.2 Å². The van der Waals surface area contributed by atoms with E-state index in [0.717, 1.165) is 36.2 Å². The molecule has 1 aliphatic heterocycles. The van der Waals surface area contributed by atoms with E-state index in [0.29, 0.717) is 36.2 Å². The summed E-state index contributed by atoms with van der Waals surface area (Å²) in [5.74, 6) is 2.79. The number of aryl methyl sites for hydroxylation is 1. The number of rotatable bonds is 7. The number of carbonyl (C=O) groups excluding carboxylic acids is 1. The Kier molecular flexibility index (Phi) is 5.66. The van der Waals surface area contributed by atoms with Crippen molar-refractivity contribution in [1.82, 2.24) is 9.62 Å². The molecule has 1 saturated heterocycles. The largest absolute Gasteiger partial charge is 0.353 e. The molecule has 4 bridgehead atoms. The van der Waals surface area contributed by atoms with E-state index < -0.39 is 10.0 Å². The van der Waals surface area contributed by atoms with Gasteiger partial charge >= 0.3 is 0 Å². The van der Waals surface area contributed by atoms with Crippen LogP contribution in [0.25, 0.3) is 0 Å². The molecule has 1 amide bonds. The lowest BCUT2D eigenvalue weighted by Gasteiger charge is -2.59. The van der Waals surface area contributed by atoms with E-state index in [1.165, 1.54) is 38.5 Å². The normalized spacial score (nSPS) is 33.5. The first-order valence-corrected chi connectivity index (χ1v) is 13.7. The number of carbonyl (C=O) groups is 1. The summed E-state index contributed by atoms with van der Waals surface area (Å²) in [6, 6.07) is 7.36. The van der Waals surface area contributed by atoms with Crippen LogP contribution in [0.5, 0.6) is 0 Å². The van der Waals surface area contributed by atoms with E-state index >= 15 is 0 Å². The van der Waals surface area contributed by atoms with Crippen molar-refractivity contribution >= 4 is 15.9 Å². The van der Waals surface area contributed by atoms with E-state index in [9.17, 15) is 13.2 Å². The molecule has 6 heteroatoms. The molecule has 5 nitrogen and oxygen atoms in total. The zero-order valence-electron chi connectivity index (χ0n) is 18.7. The Morgan fingerprint density at radius 3 is 2.13 bits per heavy atom. The molecule has 170 valence electrons. The van der Waals surface area contributed by atoms with Crippen molar-refractivity contribution in [3.05, 3.63) is 29.8 Å². The van der Waals surface area contributed by atoms with E-state index in [1.807, 2.05) is 12.1 Å². The monoisotopic (exact) mass is 444 g/mol. The molecule has 6 rings (SSSR count).